The van der Waals surface area contributed by atoms with Crippen LogP contribution in [0.25, 0.3) is 0 Å². The Hall–Kier alpha value is -2.72. The number of esters is 4. The fourth-order valence-electron chi connectivity index (χ4n) is 2.72. The van der Waals surface area contributed by atoms with Gasteiger partial charge in [0.1, 0.15) is 0 Å². The molecule has 1 saturated heterocycles. The van der Waals surface area contributed by atoms with Gasteiger partial charge in [0.15, 0.2) is 0 Å². The number of carbonyl (C=O) groups excluding carboxylic acids is 4. The van der Waals surface area contributed by atoms with Crippen molar-refractivity contribution in [2.45, 2.75) is 46.3 Å². The molecule has 0 atom stereocenters. The van der Waals surface area contributed by atoms with Gasteiger partial charge in [0, 0.05) is 43.3 Å². The lowest BCUT2D eigenvalue weighted by Crippen LogP contribution is -2.38. The predicted molar refractivity (Wildman–Crippen MR) is 118 cm³/mol. The lowest BCUT2D eigenvalue weighted by atomic mass is 10.1. The van der Waals surface area contributed by atoms with Gasteiger partial charge in [-0.25, -0.2) is 19.2 Å². The van der Waals surface area contributed by atoms with Crippen LogP contribution in [0.1, 0.15) is 34.1 Å². The minimum atomic E-state index is -0.699. The maximum Gasteiger partial charge on any atom is 0.331 e. The van der Waals surface area contributed by atoms with Gasteiger partial charge in [-0.2, -0.15) is 0 Å². The summed E-state index contributed by atoms with van der Waals surface area (Å²) in [6.45, 7) is 10.4. The van der Waals surface area contributed by atoms with E-state index >= 15 is 0 Å². The first kappa shape index (κ1) is 28.3. The third-order valence-corrected chi connectivity index (χ3v) is 4.29. The van der Waals surface area contributed by atoms with Crippen LogP contribution in [0.4, 0.5) is 0 Å². The molecule has 0 bridgehead atoms. The number of carbonyl (C=O) groups is 4. The van der Waals surface area contributed by atoms with Crippen molar-refractivity contribution >= 4 is 23.9 Å². The van der Waals surface area contributed by atoms with Gasteiger partial charge in [-0.3, -0.25) is 4.90 Å². The molecule has 0 aliphatic carbocycles. The lowest BCUT2D eigenvalue weighted by Gasteiger charge is -2.28. The topological polar surface area (TPSA) is 118 Å². The molecule has 1 rings (SSSR count). The van der Waals surface area contributed by atoms with Crippen LogP contribution in [0.3, 0.4) is 0 Å². The van der Waals surface area contributed by atoms with E-state index in [0.29, 0.717) is 19.6 Å². The van der Waals surface area contributed by atoms with E-state index in [4.69, 9.17) is 23.7 Å². The Kier molecular flexibility index (Phi) is 13.7. The summed E-state index contributed by atoms with van der Waals surface area (Å²) in [6, 6.07) is 0. The van der Waals surface area contributed by atoms with Crippen LogP contribution in [0.5, 0.6) is 0 Å². The molecule has 10 nitrogen and oxygen atoms in total. The van der Waals surface area contributed by atoms with E-state index in [1.807, 2.05) is 0 Å². The number of hydrogen-bond donors (Lipinski definition) is 0. The molecule has 33 heavy (non-hydrogen) atoms. The standard InChI is InChI=1S/C23H35NO9/c1-17(2)32-22(27)7-5-20(25)30-15-19(9-10-24-11-13-29-14-12-24)16-31-21(26)6-8-23(28)33-18(3)4/h5-8,17-19H,9-16H2,1-4H3/b7-5+,8-6+. The molecule has 0 N–H and O–H groups in total. The van der Waals surface area contributed by atoms with Crippen LogP contribution in [0.2, 0.25) is 0 Å². The molecule has 1 aliphatic rings. The summed E-state index contributed by atoms with van der Waals surface area (Å²) in [7, 11) is 0. The van der Waals surface area contributed by atoms with Gasteiger partial charge in [-0.15, -0.1) is 0 Å². The Morgan fingerprint density at radius 3 is 1.61 bits per heavy atom. The average Bonchev–Trinajstić information content (AvgIpc) is 2.75. The molecule has 10 heteroatoms. The van der Waals surface area contributed by atoms with Crippen LogP contribution in [-0.2, 0) is 42.9 Å². The zero-order valence-electron chi connectivity index (χ0n) is 19.8. The first-order chi connectivity index (χ1) is 15.7. The minimum Gasteiger partial charge on any atom is -0.462 e. The molecular formula is C23H35NO9. The molecule has 0 saturated carbocycles. The van der Waals surface area contributed by atoms with Gasteiger partial charge in [0.2, 0.25) is 0 Å². The Morgan fingerprint density at radius 2 is 1.18 bits per heavy atom. The quantitative estimate of drug-likeness (QED) is 0.223. The van der Waals surface area contributed by atoms with Gasteiger partial charge in [0.25, 0.3) is 0 Å². The molecule has 186 valence electrons. The predicted octanol–water partition coefficient (Wildman–Crippen LogP) is 1.43. The highest BCUT2D eigenvalue weighted by molar-refractivity contribution is 5.92. The van der Waals surface area contributed by atoms with Gasteiger partial charge in [0.05, 0.1) is 38.6 Å². The zero-order valence-corrected chi connectivity index (χ0v) is 19.8. The van der Waals surface area contributed by atoms with E-state index in [9.17, 15) is 19.2 Å². The number of morpholine rings is 1. The van der Waals surface area contributed by atoms with Crippen molar-refractivity contribution in [3.63, 3.8) is 0 Å². The Balaban J connectivity index is 2.55. The first-order valence-corrected chi connectivity index (χ1v) is 11.1. The first-order valence-electron chi connectivity index (χ1n) is 11.1. The van der Waals surface area contributed by atoms with Crippen LogP contribution in [-0.4, -0.2) is 87.0 Å². The summed E-state index contributed by atoms with van der Waals surface area (Å²) in [5.41, 5.74) is 0. The summed E-state index contributed by atoms with van der Waals surface area (Å²) in [5, 5.41) is 0. The van der Waals surface area contributed by atoms with Crippen LogP contribution < -0.4 is 0 Å². The Bertz CT molecular complexity index is 646. The maximum atomic E-state index is 11.9. The SMILES string of the molecule is CC(C)OC(=O)/C=C/C(=O)OCC(CCN1CCOCC1)COC(=O)/C=C/C(=O)OC(C)C. The Labute approximate surface area is 194 Å². The fraction of sp³-hybridized carbons (Fsp3) is 0.652. The zero-order chi connectivity index (χ0) is 24.6. The summed E-state index contributed by atoms with van der Waals surface area (Å²) in [6.07, 6.45) is 4.03. The van der Waals surface area contributed by atoms with Crippen molar-refractivity contribution in [3.05, 3.63) is 24.3 Å². The molecule has 0 spiro atoms. The van der Waals surface area contributed by atoms with Crippen molar-refractivity contribution in [2.24, 2.45) is 5.92 Å². The molecule has 1 aliphatic heterocycles. The third-order valence-electron chi connectivity index (χ3n) is 4.29. The van der Waals surface area contributed by atoms with Gasteiger partial charge >= 0.3 is 23.9 Å². The molecule has 0 aromatic heterocycles. The molecule has 0 amide bonds. The molecule has 0 radical (unpaired) electrons. The van der Waals surface area contributed by atoms with Gasteiger partial charge in [-0.05, 0) is 40.7 Å². The van der Waals surface area contributed by atoms with Crippen LogP contribution in [0.15, 0.2) is 24.3 Å². The monoisotopic (exact) mass is 469 g/mol. The highest BCUT2D eigenvalue weighted by Crippen LogP contribution is 2.09. The van der Waals surface area contributed by atoms with E-state index in [0.717, 1.165) is 43.9 Å². The van der Waals surface area contributed by atoms with Gasteiger partial charge < -0.3 is 23.7 Å². The largest absolute Gasteiger partial charge is 0.462 e. The van der Waals surface area contributed by atoms with Gasteiger partial charge in [-0.1, -0.05) is 0 Å². The van der Waals surface area contributed by atoms with Crippen molar-refractivity contribution in [1.82, 2.24) is 4.90 Å². The van der Waals surface area contributed by atoms with E-state index in [1.165, 1.54) is 0 Å². The van der Waals surface area contributed by atoms with Crippen molar-refractivity contribution in [2.75, 3.05) is 46.1 Å². The van der Waals surface area contributed by atoms with E-state index in [2.05, 4.69) is 4.90 Å². The molecule has 0 aromatic rings. The second-order valence-electron chi connectivity index (χ2n) is 8.01. The Morgan fingerprint density at radius 1 is 0.758 bits per heavy atom. The van der Waals surface area contributed by atoms with Crippen molar-refractivity contribution < 1.29 is 42.9 Å². The fourth-order valence-corrected chi connectivity index (χ4v) is 2.72. The molecule has 0 aromatic carbocycles. The molecule has 1 heterocycles. The second kappa shape index (κ2) is 16.0. The number of ether oxygens (including phenoxy) is 5. The minimum absolute atomic E-state index is 0.000866. The summed E-state index contributed by atoms with van der Waals surface area (Å²) >= 11 is 0. The molecular weight excluding hydrogens is 434 g/mol. The summed E-state index contributed by atoms with van der Waals surface area (Å²) < 4.78 is 25.6. The highest BCUT2D eigenvalue weighted by Gasteiger charge is 2.17. The average molecular weight is 470 g/mol. The number of rotatable bonds is 13. The lowest BCUT2D eigenvalue weighted by molar-refractivity contribution is -0.145. The summed E-state index contributed by atoms with van der Waals surface area (Å²) in [5.74, 6) is -2.94. The third kappa shape index (κ3) is 14.9. The normalized spacial score (nSPS) is 14.9. The van der Waals surface area contributed by atoms with Crippen molar-refractivity contribution in [3.8, 4) is 0 Å². The van der Waals surface area contributed by atoms with Crippen LogP contribution >= 0.6 is 0 Å². The summed E-state index contributed by atoms with van der Waals surface area (Å²) in [4.78, 5) is 49.1. The molecule has 1 fully saturated rings. The van der Waals surface area contributed by atoms with Crippen molar-refractivity contribution in [1.29, 1.82) is 0 Å². The number of hydrogen-bond acceptors (Lipinski definition) is 10. The second-order valence-corrected chi connectivity index (χ2v) is 8.01. The van der Waals surface area contributed by atoms with E-state index in [-0.39, 0.29) is 31.3 Å². The van der Waals surface area contributed by atoms with E-state index < -0.39 is 23.9 Å². The molecule has 0 unspecified atom stereocenters. The van der Waals surface area contributed by atoms with E-state index in [1.54, 1.807) is 27.7 Å². The smallest absolute Gasteiger partial charge is 0.331 e. The van der Waals surface area contributed by atoms with Crippen LogP contribution in [0, 0.1) is 5.92 Å². The maximum absolute atomic E-state index is 11.9. The number of nitrogens with zero attached hydrogens (tertiary/aromatic N) is 1. The highest BCUT2D eigenvalue weighted by atomic mass is 16.6.